The van der Waals surface area contributed by atoms with Gasteiger partial charge in [-0.2, -0.15) is 0 Å². The van der Waals surface area contributed by atoms with E-state index in [0.29, 0.717) is 24.8 Å². The molecule has 0 amide bonds. The fourth-order valence-corrected chi connectivity index (χ4v) is 2.84. The Hall–Kier alpha value is -1.10. The first-order valence-corrected chi connectivity index (χ1v) is 6.73. The van der Waals surface area contributed by atoms with Crippen molar-refractivity contribution in [2.75, 3.05) is 13.1 Å². The smallest absolute Gasteiger partial charge is 0.261 e. The average Bonchev–Trinajstić information content (AvgIpc) is 2.56. The first-order chi connectivity index (χ1) is 8.78. The van der Waals surface area contributed by atoms with Crippen LogP contribution in [0.5, 0.6) is 0 Å². The van der Waals surface area contributed by atoms with Gasteiger partial charge in [-0.1, -0.05) is 13.8 Å². The molecule has 1 saturated heterocycles. The molecule has 1 fully saturated rings. The molecule has 3 nitrogen and oxygen atoms in total. The van der Waals surface area contributed by atoms with Gasteiger partial charge < -0.3 is 0 Å². The van der Waals surface area contributed by atoms with E-state index >= 15 is 0 Å². The van der Waals surface area contributed by atoms with Crippen LogP contribution in [0.15, 0.2) is 0 Å². The zero-order valence-corrected chi connectivity index (χ0v) is 12.0. The van der Waals surface area contributed by atoms with Gasteiger partial charge in [-0.3, -0.25) is 4.90 Å². The van der Waals surface area contributed by atoms with Crippen molar-refractivity contribution in [3.63, 3.8) is 0 Å². The molecular formula is C14H21F2N3. The number of rotatable bonds is 3. The molecule has 1 aliphatic heterocycles. The third-order valence-corrected chi connectivity index (χ3v) is 3.56. The molecule has 1 aromatic heterocycles. The Balaban J connectivity index is 2.15. The fourth-order valence-electron chi connectivity index (χ4n) is 2.84. The van der Waals surface area contributed by atoms with Crippen molar-refractivity contribution < 1.29 is 8.78 Å². The maximum Gasteiger partial charge on any atom is 0.261 e. The summed E-state index contributed by atoms with van der Waals surface area (Å²) in [7, 11) is 0. The van der Waals surface area contributed by atoms with Crippen molar-refractivity contribution in [3.8, 4) is 0 Å². The van der Waals surface area contributed by atoms with E-state index in [4.69, 9.17) is 0 Å². The summed E-state index contributed by atoms with van der Waals surface area (Å²) in [4.78, 5) is 10.7. The van der Waals surface area contributed by atoms with Gasteiger partial charge in [-0.05, 0) is 25.3 Å². The van der Waals surface area contributed by atoms with Crippen LogP contribution in [0.2, 0.25) is 0 Å². The van der Waals surface area contributed by atoms with Gasteiger partial charge in [-0.15, -0.1) is 0 Å². The van der Waals surface area contributed by atoms with Crippen LogP contribution >= 0.6 is 0 Å². The van der Waals surface area contributed by atoms with Crippen molar-refractivity contribution in [1.29, 1.82) is 0 Å². The summed E-state index contributed by atoms with van der Waals surface area (Å²) in [5.74, 6) is -1.52. The topological polar surface area (TPSA) is 29.0 Å². The zero-order valence-electron chi connectivity index (χ0n) is 12.0. The highest BCUT2D eigenvalue weighted by Gasteiger charge is 2.38. The second-order valence-corrected chi connectivity index (χ2v) is 5.70. The predicted octanol–water partition coefficient (Wildman–Crippen LogP) is 3.06. The molecule has 1 aliphatic rings. The van der Waals surface area contributed by atoms with Gasteiger partial charge in [0.2, 0.25) is 0 Å². The summed E-state index contributed by atoms with van der Waals surface area (Å²) in [5, 5.41) is 0. The Morgan fingerprint density at radius 1 is 1.21 bits per heavy atom. The lowest BCUT2D eigenvalue weighted by Crippen LogP contribution is -2.26. The largest absolute Gasteiger partial charge is 0.290 e. The van der Waals surface area contributed by atoms with Crippen LogP contribution in [-0.4, -0.2) is 33.9 Å². The summed E-state index contributed by atoms with van der Waals surface area (Å²) in [6, 6.07) is 0. The van der Waals surface area contributed by atoms with Crippen LogP contribution in [0.1, 0.15) is 49.0 Å². The Labute approximate surface area is 113 Å². The molecule has 0 bridgehead atoms. The molecule has 0 atom stereocenters. The normalized spacial score (nSPS) is 19.3. The monoisotopic (exact) mass is 269 g/mol. The van der Waals surface area contributed by atoms with Crippen molar-refractivity contribution in [2.24, 2.45) is 0 Å². The molecule has 106 valence electrons. The molecule has 0 aliphatic carbocycles. The SMILES string of the molecule is Cc1nc(CN2CCC(F)(F)C2)nc(C)c1C(C)C. The molecule has 1 aromatic rings. The molecule has 0 N–H and O–H groups in total. The van der Waals surface area contributed by atoms with Gasteiger partial charge in [0, 0.05) is 24.4 Å². The summed E-state index contributed by atoms with van der Waals surface area (Å²) >= 11 is 0. The van der Waals surface area contributed by atoms with Gasteiger partial charge in [0.25, 0.3) is 5.92 Å². The number of aromatic nitrogens is 2. The summed E-state index contributed by atoms with van der Waals surface area (Å²) < 4.78 is 26.3. The molecule has 2 rings (SSSR count). The zero-order chi connectivity index (χ0) is 14.2. The van der Waals surface area contributed by atoms with Crippen LogP contribution in [0.25, 0.3) is 0 Å². The number of hydrogen-bond donors (Lipinski definition) is 0. The highest BCUT2D eigenvalue weighted by atomic mass is 19.3. The van der Waals surface area contributed by atoms with Gasteiger partial charge >= 0.3 is 0 Å². The van der Waals surface area contributed by atoms with Crippen molar-refractivity contribution in [1.82, 2.24) is 14.9 Å². The second kappa shape index (κ2) is 5.12. The first kappa shape index (κ1) is 14.3. The second-order valence-electron chi connectivity index (χ2n) is 5.70. The maximum absolute atomic E-state index is 13.1. The molecule has 0 saturated carbocycles. The lowest BCUT2D eigenvalue weighted by molar-refractivity contribution is 0.0113. The van der Waals surface area contributed by atoms with E-state index in [1.165, 1.54) is 0 Å². The third-order valence-electron chi connectivity index (χ3n) is 3.56. The van der Waals surface area contributed by atoms with E-state index in [0.717, 1.165) is 17.0 Å². The Kier molecular flexibility index (Phi) is 3.85. The van der Waals surface area contributed by atoms with Crippen molar-refractivity contribution in [2.45, 2.75) is 52.5 Å². The van der Waals surface area contributed by atoms with E-state index in [1.807, 2.05) is 13.8 Å². The lowest BCUT2D eigenvalue weighted by atomic mass is 10.0. The molecule has 0 aromatic carbocycles. The van der Waals surface area contributed by atoms with Gasteiger partial charge in [-0.25, -0.2) is 18.7 Å². The lowest BCUT2D eigenvalue weighted by Gasteiger charge is -2.17. The number of aryl methyl sites for hydroxylation is 2. The van der Waals surface area contributed by atoms with Crippen LogP contribution in [0.3, 0.4) is 0 Å². The van der Waals surface area contributed by atoms with E-state index < -0.39 is 5.92 Å². The van der Waals surface area contributed by atoms with Crippen LogP contribution < -0.4 is 0 Å². The third kappa shape index (κ3) is 3.26. The van der Waals surface area contributed by atoms with Crippen molar-refractivity contribution in [3.05, 3.63) is 22.8 Å². The molecule has 19 heavy (non-hydrogen) atoms. The Bertz CT molecular complexity index is 449. The Morgan fingerprint density at radius 3 is 2.21 bits per heavy atom. The maximum atomic E-state index is 13.1. The minimum absolute atomic E-state index is 0.0605. The van der Waals surface area contributed by atoms with Gasteiger partial charge in [0.1, 0.15) is 5.82 Å². The van der Waals surface area contributed by atoms with Crippen LogP contribution in [0.4, 0.5) is 8.78 Å². The molecule has 0 unspecified atom stereocenters. The van der Waals surface area contributed by atoms with E-state index in [9.17, 15) is 8.78 Å². The van der Waals surface area contributed by atoms with Crippen LogP contribution in [0, 0.1) is 13.8 Å². The van der Waals surface area contributed by atoms with E-state index in [1.54, 1.807) is 4.90 Å². The Morgan fingerprint density at radius 2 is 1.79 bits per heavy atom. The number of hydrogen-bond acceptors (Lipinski definition) is 3. The minimum Gasteiger partial charge on any atom is -0.290 e. The summed E-state index contributed by atoms with van der Waals surface area (Å²) in [6.45, 7) is 8.80. The van der Waals surface area contributed by atoms with Gasteiger partial charge in [0.15, 0.2) is 0 Å². The molecule has 5 heteroatoms. The average molecular weight is 269 g/mol. The molecule has 0 radical (unpaired) electrons. The number of halogens is 2. The quantitative estimate of drug-likeness (QED) is 0.844. The van der Waals surface area contributed by atoms with Crippen LogP contribution in [-0.2, 0) is 6.54 Å². The summed E-state index contributed by atoms with van der Waals surface area (Å²) in [6.07, 6.45) is -0.0605. The molecular weight excluding hydrogens is 248 g/mol. The highest BCUT2D eigenvalue weighted by molar-refractivity contribution is 5.27. The number of likely N-dealkylation sites (tertiary alicyclic amines) is 1. The number of nitrogens with zero attached hydrogens (tertiary/aromatic N) is 3. The van der Waals surface area contributed by atoms with Gasteiger partial charge in [0.05, 0.1) is 13.1 Å². The standard InChI is InChI=1S/C14H21F2N3/c1-9(2)13-10(3)17-12(18-11(13)4)7-19-6-5-14(15,16)8-19/h9H,5-8H2,1-4H3. The minimum atomic E-state index is -2.55. The predicted molar refractivity (Wildman–Crippen MR) is 70.4 cm³/mol. The fraction of sp³-hybridized carbons (Fsp3) is 0.714. The van der Waals surface area contributed by atoms with Crippen molar-refractivity contribution >= 4 is 0 Å². The molecule has 0 spiro atoms. The highest BCUT2D eigenvalue weighted by Crippen LogP contribution is 2.28. The first-order valence-electron chi connectivity index (χ1n) is 6.73. The van der Waals surface area contributed by atoms with E-state index in [-0.39, 0.29) is 13.0 Å². The van der Waals surface area contributed by atoms with E-state index in [2.05, 4.69) is 23.8 Å². The number of alkyl halides is 2. The molecule has 2 heterocycles. The summed E-state index contributed by atoms with van der Waals surface area (Å²) in [5.41, 5.74) is 3.09.